The zero-order chi connectivity index (χ0) is 21.3. The molecule has 0 atom stereocenters. The van der Waals surface area contributed by atoms with Crippen LogP contribution in [0.15, 0.2) is 36.9 Å². The van der Waals surface area contributed by atoms with Crippen LogP contribution in [-0.4, -0.2) is 32.7 Å². The monoisotopic (exact) mass is 413 g/mol. The fourth-order valence-corrected chi connectivity index (χ4v) is 3.59. The number of nitrogens with zero attached hydrogens (tertiary/aromatic N) is 3. The molecule has 0 aliphatic carbocycles. The average molecular weight is 414 g/mol. The van der Waals surface area contributed by atoms with E-state index in [9.17, 15) is 9.90 Å². The molecule has 1 heterocycles. The van der Waals surface area contributed by atoms with Gasteiger partial charge in [-0.2, -0.15) is 0 Å². The van der Waals surface area contributed by atoms with Gasteiger partial charge in [-0.3, -0.25) is 0 Å². The smallest absolute Gasteiger partial charge is 0.330 e. The molecule has 2 aromatic carbocycles. The highest BCUT2D eigenvalue weighted by atomic mass is 35.5. The van der Waals surface area contributed by atoms with Crippen LogP contribution >= 0.6 is 11.6 Å². The van der Waals surface area contributed by atoms with E-state index in [2.05, 4.69) is 16.8 Å². The van der Waals surface area contributed by atoms with E-state index in [-0.39, 0.29) is 17.8 Å². The summed E-state index contributed by atoms with van der Waals surface area (Å²) in [6.07, 6.45) is 1.62. The molecule has 29 heavy (non-hydrogen) atoms. The molecule has 0 amide bonds. The molecule has 0 aliphatic rings. The number of fused-ring (bicyclic) bond motifs is 1. The Labute approximate surface area is 174 Å². The van der Waals surface area contributed by atoms with Gasteiger partial charge in [0.2, 0.25) is 0 Å². The standard InChI is InChI=1S/C22H24ClN3O3/c1-6-19(27)29-10-9-15-13(2)11-18(21(28)20(15)22(3,4)5)26-24-16-8-7-14(23)12-17(16)25-26/h6-8,11-12,28H,1,9-10H2,2-5H3. The van der Waals surface area contributed by atoms with Crippen LogP contribution < -0.4 is 0 Å². The van der Waals surface area contributed by atoms with Crippen molar-refractivity contribution in [3.8, 4) is 11.4 Å². The van der Waals surface area contributed by atoms with Crippen LogP contribution in [0.4, 0.5) is 0 Å². The molecule has 0 unspecified atom stereocenters. The first kappa shape index (κ1) is 20.9. The van der Waals surface area contributed by atoms with Gasteiger partial charge >= 0.3 is 5.97 Å². The molecule has 0 saturated carbocycles. The van der Waals surface area contributed by atoms with Gasteiger partial charge in [-0.05, 0) is 47.7 Å². The van der Waals surface area contributed by atoms with Gasteiger partial charge in [0.1, 0.15) is 22.5 Å². The molecule has 1 aromatic heterocycles. The Hall–Kier alpha value is -2.86. The first-order chi connectivity index (χ1) is 13.6. The number of benzene rings is 2. The summed E-state index contributed by atoms with van der Waals surface area (Å²) in [5.74, 6) is -0.355. The van der Waals surface area contributed by atoms with E-state index in [0.717, 1.165) is 22.8 Å². The summed E-state index contributed by atoms with van der Waals surface area (Å²) in [4.78, 5) is 12.8. The Morgan fingerprint density at radius 3 is 2.62 bits per heavy atom. The number of carbonyl (C=O) groups is 1. The molecule has 3 rings (SSSR count). The topological polar surface area (TPSA) is 77.2 Å². The molecule has 7 heteroatoms. The summed E-state index contributed by atoms with van der Waals surface area (Å²) in [5, 5.41) is 20.7. The minimum atomic E-state index is -0.466. The van der Waals surface area contributed by atoms with E-state index < -0.39 is 5.97 Å². The van der Waals surface area contributed by atoms with Gasteiger partial charge in [0.25, 0.3) is 0 Å². The molecule has 1 N–H and O–H groups in total. The van der Waals surface area contributed by atoms with Crippen LogP contribution in [-0.2, 0) is 21.4 Å². The number of halogens is 1. The summed E-state index contributed by atoms with van der Waals surface area (Å²) in [5.41, 5.74) is 4.15. The van der Waals surface area contributed by atoms with Gasteiger partial charge in [-0.1, -0.05) is 39.0 Å². The van der Waals surface area contributed by atoms with E-state index in [4.69, 9.17) is 16.3 Å². The van der Waals surface area contributed by atoms with Gasteiger partial charge in [0.15, 0.2) is 0 Å². The van der Waals surface area contributed by atoms with Crippen molar-refractivity contribution < 1.29 is 14.6 Å². The molecular formula is C22H24ClN3O3. The normalized spacial score (nSPS) is 11.6. The lowest BCUT2D eigenvalue weighted by Gasteiger charge is -2.27. The van der Waals surface area contributed by atoms with Gasteiger partial charge in [0.05, 0.1) is 6.61 Å². The SMILES string of the molecule is C=CC(=O)OCCc1c(C)cc(-n2nc3ccc(Cl)cc3n2)c(O)c1C(C)(C)C. The Kier molecular flexibility index (Phi) is 5.66. The predicted octanol–water partition coefficient (Wildman–Crippen LogP) is 4.66. The Morgan fingerprint density at radius 2 is 1.97 bits per heavy atom. The molecule has 0 bridgehead atoms. The summed E-state index contributed by atoms with van der Waals surface area (Å²) in [6, 6.07) is 7.12. The van der Waals surface area contributed by atoms with Gasteiger partial charge in [-0.15, -0.1) is 15.0 Å². The predicted molar refractivity (Wildman–Crippen MR) is 114 cm³/mol. The molecule has 0 radical (unpaired) electrons. The van der Waals surface area contributed by atoms with Crippen LogP contribution in [0, 0.1) is 6.92 Å². The minimum absolute atomic E-state index is 0.111. The maximum absolute atomic E-state index is 11.4. The van der Waals surface area contributed by atoms with E-state index in [1.807, 2.05) is 33.8 Å². The van der Waals surface area contributed by atoms with Gasteiger partial charge in [0, 0.05) is 23.1 Å². The lowest BCUT2D eigenvalue weighted by Crippen LogP contribution is -2.19. The average Bonchev–Trinajstić information content (AvgIpc) is 3.05. The van der Waals surface area contributed by atoms with Crippen molar-refractivity contribution in [3.63, 3.8) is 0 Å². The van der Waals surface area contributed by atoms with Crippen molar-refractivity contribution in [2.24, 2.45) is 0 Å². The van der Waals surface area contributed by atoms with E-state index in [0.29, 0.717) is 28.2 Å². The number of aromatic nitrogens is 3. The Balaban J connectivity index is 2.10. The van der Waals surface area contributed by atoms with Crippen molar-refractivity contribution >= 4 is 28.6 Å². The number of phenols is 1. The highest BCUT2D eigenvalue weighted by molar-refractivity contribution is 6.31. The van der Waals surface area contributed by atoms with E-state index in [1.54, 1.807) is 18.2 Å². The molecule has 0 aliphatic heterocycles. The van der Waals surface area contributed by atoms with Crippen molar-refractivity contribution in [3.05, 3.63) is 58.6 Å². The van der Waals surface area contributed by atoms with E-state index >= 15 is 0 Å². The van der Waals surface area contributed by atoms with Crippen molar-refractivity contribution in [2.75, 3.05) is 6.61 Å². The number of ether oxygens (including phenoxy) is 1. The zero-order valence-electron chi connectivity index (χ0n) is 17.0. The fraction of sp³-hybridized carbons (Fsp3) is 0.318. The lowest BCUT2D eigenvalue weighted by atomic mass is 9.80. The first-order valence-corrected chi connectivity index (χ1v) is 9.67. The summed E-state index contributed by atoms with van der Waals surface area (Å²) in [7, 11) is 0. The van der Waals surface area contributed by atoms with E-state index in [1.165, 1.54) is 4.80 Å². The number of esters is 1. The van der Waals surface area contributed by atoms with Crippen LogP contribution in [0.1, 0.15) is 37.5 Å². The Morgan fingerprint density at radius 1 is 1.28 bits per heavy atom. The van der Waals surface area contributed by atoms with Crippen LogP contribution in [0.25, 0.3) is 16.7 Å². The first-order valence-electron chi connectivity index (χ1n) is 9.30. The van der Waals surface area contributed by atoms with Crippen molar-refractivity contribution in [1.82, 2.24) is 15.0 Å². The maximum atomic E-state index is 11.4. The number of rotatable bonds is 5. The molecule has 3 aromatic rings. The lowest BCUT2D eigenvalue weighted by molar-refractivity contribution is -0.137. The maximum Gasteiger partial charge on any atom is 0.330 e. The molecular weight excluding hydrogens is 390 g/mol. The molecule has 0 saturated heterocycles. The highest BCUT2D eigenvalue weighted by Gasteiger charge is 2.27. The minimum Gasteiger partial charge on any atom is -0.505 e. The van der Waals surface area contributed by atoms with Crippen LogP contribution in [0.2, 0.25) is 5.02 Å². The van der Waals surface area contributed by atoms with Crippen LogP contribution in [0.5, 0.6) is 5.75 Å². The molecule has 0 spiro atoms. The fourth-order valence-electron chi connectivity index (χ4n) is 3.42. The molecule has 152 valence electrons. The molecule has 0 fully saturated rings. The van der Waals surface area contributed by atoms with Crippen molar-refractivity contribution in [2.45, 2.75) is 39.5 Å². The van der Waals surface area contributed by atoms with Crippen LogP contribution in [0.3, 0.4) is 0 Å². The quantitative estimate of drug-likeness (QED) is 0.486. The number of phenolic OH excluding ortho intramolecular Hbond substituents is 1. The number of aromatic hydroxyl groups is 1. The second kappa shape index (κ2) is 7.87. The molecule has 6 nitrogen and oxygen atoms in total. The summed E-state index contributed by atoms with van der Waals surface area (Å²) >= 11 is 6.05. The second-order valence-corrected chi connectivity index (χ2v) is 8.35. The number of aryl methyl sites for hydroxylation is 1. The number of carbonyl (C=O) groups excluding carboxylic acids is 1. The third-order valence-corrected chi connectivity index (χ3v) is 4.92. The largest absolute Gasteiger partial charge is 0.505 e. The summed E-state index contributed by atoms with van der Waals surface area (Å²) in [6.45, 7) is 11.6. The number of hydrogen-bond acceptors (Lipinski definition) is 5. The van der Waals surface area contributed by atoms with Gasteiger partial charge < -0.3 is 9.84 Å². The highest BCUT2D eigenvalue weighted by Crippen LogP contribution is 2.40. The third kappa shape index (κ3) is 4.27. The van der Waals surface area contributed by atoms with Gasteiger partial charge in [-0.25, -0.2) is 4.79 Å². The zero-order valence-corrected chi connectivity index (χ0v) is 17.7. The van der Waals surface area contributed by atoms with Crippen molar-refractivity contribution in [1.29, 1.82) is 0 Å². The summed E-state index contributed by atoms with van der Waals surface area (Å²) < 4.78 is 5.14. The third-order valence-electron chi connectivity index (χ3n) is 4.68. The second-order valence-electron chi connectivity index (χ2n) is 7.91. The Bertz CT molecular complexity index is 1100. The number of hydrogen-bond donors (Lipinski definition) is 1.